The van der Waals surface area contributed by atoms with Crippen molar-refractivity contribution in [3.8, 4) is 0 Å². The van der Waals surface area contributed by atoms with E-state index in [1.807, 2.05) is 0 Å². The predicted octanol–water partition coefficient (Wildman–Crippen LogP) is 0.857. The van der Waals surface area contributed by atoms with Crippen LogP contribution in [0.1, 0.15) is 17.3 Å². The van der Waals surface area contributed by atoms with E-state index in [0.717, 1.165) is 0 Å². The molecule has 0 saturated heterocycles. The van der Waals surface area contributed by atoms with E-state index < -0.39 is 4.92 Å². The Morgan fingerprint density at radius 1 is 1.50 bits per heavy atom. The molecule has 1 N–H and O–H groups in total. The number of carbonyl (C=O) groups is 1. The van der Waals surface area contributed by atoms with Crippen LogP contribution in [0.25, 0.3) is 0 Å². The average Bonchev–Trinajstić information content (AvgIpc) is 2.86. The lowest BCUT2D eigenvalue weighted by Gasteiger charge is -1.96. The molecule has 20 heavy (non-hydrogen) atoms. The van der Waals surface area contributed by atoms with Crippen LogP contribution in [0.15, 0.2) is 28.8 Å². The second-order valence-corrected chi connectivity index (χ2v) is 4.06. The summed E-state index contributed by atoms with van der Waals surface area (Å²) in [6.07, 6.45) is 0.317. The first-order chi connectivity index (χ1) is 9.58. The fourth-order valence-corrected chi connectivity index (χ4v) is 1.62. The lowest BCUT2D eigenvalue weighted by Crippen LogP contribution is -2.20. The molecular weight excluding hydrogens is 264 g/mol. The predicted molar refractivity (Wildman–Crippen MR) is 68.0 cm³/mol. The highest BCUT2D eigenvalue weighted by Gasteiger charge is 2.12. The number of rotatable bonds is 5. The van der Waals surface area contributed by atoms with Gasteiger partial charge in [-0.15, -0.1) is 0 Å². The van der Waals surface area contributed by atoms with Gasteiger partial charge in [0.25, 0.3) is 5.69 Å². The number of amides is 1. The Balaban J connectivity index is 2.08. The molecule has 0 bridgehead atoms. The Morgan fingerprint density at radius 2 is 2.30 bits per heavy atom. The van der Waals surface area contributed by atoms with Gasteiger partial charge in [0, 0.05) is 19.2 Å². The summed E-state index contributed by atoms with van der Waals surface area (Å²) in [5.41, 5.74) is 0.696. The van der Waals surface area contributed by atoms with Crippen molar-refractivity contribution >= 4 is 11.6 Å². The molecule has 8 heteroatoms. The summed E-state index contributed by atoms with van der Waals surface area (Å²) in [6.45, 7) is 0. The molecule has 1 heterocycles. The summed E-state index contributed by atoms with van der Waals surface area (Å²) in [6, 6.07) is 6.18. The maximum absolute atomic E-state index is 11.2. The van der Waals surface area contributed by atoms with Crippen LogP contribution in [0.5, 0.6) is 0 Å². The minimum absolute atomic E-state index is 0.00704. The molecule has 0 aliphatic rings. The molecule has 0 unspecified atom stereocenters. The number of nitro groups is 1. The molecule has 8 nitrogen and oxygen atoms in total. The third kappa shape index (κ3) is 3.37. The van der Waals surface area contributed by atoms with Crippen LogP contribution in [0.2, 0.25) is 0 Å². The highest BCUT2D eigenvalue weighted by atomic mass is 16.6. The average molecular weight is 276 g/mol. The summed E-state index contributed by atoms with van der Waals surface area (Å²) < 4.78 is 5.00. The van der Waals surface area contributed by atoms with Gasteiger partial charge < -0.3 is 9.84 Å². The molecule has 1 amide bonds. The number of benzene rings is 1. The van der Waals surface area contributed by atoms with Crippen LogP contribution in [0, 0.1) is 10.1 Å². The van der Waals surface area contributed by atoms with E-state index in [9.17, 15) is 14.9 Å². The first-order valence-electron chi connectivity index (χ1n) is 5.84. The topological polar surface area (TPSA) is 111 Å². The maximum Gasteiger partial charge on any atom is 0.269 e. The Morgan fingerprint density at radius 3 is 3.00 bits per heavy atom. The van der Waals surface area contributed by atoms with Gasteiger partial charge in [0.05, 0.1) is 17.8 Å². The monoisotopic (exact) mass is 276 g/mol. The van der Waals surface area contributed by atoms with Crippen LogP contribution in [0.4, 0.5) is 5.69 Å². The normalized spacial score (nSPS) is 10.2. The first kappa shape index (κ1) is 13.7. The van der Waals surface area contributed by atoms with E-state index in [2.05, 4.69) is 15.5 Å². The summed E-state index contributed by atoms with van der Waals surface area (Å²) in [5.74, 6) is 0.377. The zero-order chi connectivity index (χ0) is 14.5. The standard InChI is InChI=1S/C12H12N4O4/c1-13-11(17)7-10-14-12(20-15-10)6-8-3-2-4-9(5-8)16(18)19/h2-5H,6-7H2,1H3,(H,13,17). The zero-order valence-electron chi connectivity index (χ0n) is 10.7. The molecule has 0 aliphatic carbocycles. The van der Waals surface area contributed by atoms with E-state index in [0.29, 0.717) is 11.5 Å². The van der Waals surface area contributed by atoms with Crippen molar-refractivity contribution in [1.82, 2.24) is 15.5 Å². The van der Waals surface area contributed by atoms with Crippen molar-refractivity contribution in [1.29, 1.82) is 0 Å². The summed E-state index contributed by atoms with van der Waals surface area (Å²) >= 11 is 0. The van der Waals surface area contributed by atoms with E-state index >= 15 is 0 Å². The SMILES string of the molecule is CNC(=O)Cc1noc(Cc2cccc([N+](=O)[O-])c2)n1. The van der Waals surface area contributed by atoms with Crippen molar-refractivity contribution < 1.29 is 14.2 Å². The summed E-state index contributed by atoms with van der Waals surface area (Å²) in [7, 11) is 1.52. The van der Waals surface area contributed by atoms with E-state index in [4.69, 9.17) is 4.52 Å². The summed E-state index contributed by atoms with van der Waals surface area (Å²) in [5, 5.41) is 16.8. The second-order valence-electron chi connectivity index (χ2n) is 4.06. The number of aromatic nitrogens is 2. The van der Waals surface area contributed by atoms with Crippen molar-refractivity contribution in [3.05, 3.63) is 51.7 Å². The lowest BCUT2D eigenvalue weighted by atomic mass is 10.1. The van der Waals surface area contributed by atoms with E-state index in [1.54, 1.807) is 12.1 Å². The smallest absolute Gasteiger partial charge is 0.269 e. The van der Waals surface area contributed by atoms with Gasteiger partial charge >= 0.3 is 0 Å². The van der Waals surface area contributed by atoms with Crippen LogP contribution in [-0.4, -0.2) is 28.0 Å². The number of hydrogen-bond donors (Lipinski definition) is 1. The van der Waals surface area contributed by atoms with Gasteiger partial charge in [0.2, 0.25) is 11.8 Å². The Labute approximate surface area is 113 Å². The van der Waals surface area contributed by atoms with Crippen LogP contribution in [0.3, 0.4) is 0 Å². The van der Waals surface area contributed by atoms with Crippen molar-refractivity contribution in [2.24, 2.45) is 0 Å². The molecular formula is C12H12N4O4. The van der Waals surface area contributed by atoms with Crippen LogP contribution >= 0.6 is 0 Å². The molecule has 0 atom stereocenters. The molecule has 2 rings (SSSR count). The number of nitro benzene ring substituents is 1. The molecule has 1 aromatic heterocycles. The first-order valence-corrected chi connectivity index (χ1v) is 5.84. The van der Waals surface area contributed by atoms with E-state index in [1.165, 1.54) is 19.2 Å². The Kier molecular flexibility index (Phi) is 4.04. The minimum Gasteiger partial charge on any atom is -0.359 e. The number of nitrogens with one attached hydrogen (secondary N) is 1. The fraction of sp³-hybridized carbons (Fsp3) is 0.250. The number of carbonyl (C=O) groups excluding carboxylic acids is 1. The van der Waals surface area contributed by atoms with Gasteiger partial charge in [-0.25, -0.2) is 0 Å². The van der Waals surface area contributed by atoms with Gasteiger partial charge in [-0.05, 0) is 5.56 Å². The Bertz CT molecular complexity index is 638. The number of nitrogens with zero attached hydrogens (tertiary/aromatic N) is 3. The zero-order valence-corrected chi connectivity index (χ0v) is 10.7. The van der Waals surface area contributed by atoms with Gasteiger partial charge in [-0.2, -0.15) is 4.98 Å². The lowest BCUT2D eigenvalue weighted by molar-refractivity contribution is -0.384. The third-order valence-corrected chi connectivity index (χ3v) is 2.58. The number of likely N-dealkylation sites (N-methyl/N-ethyl adjacent to an activating group) is 1. The molecule has 0 fully saturated rings. The largest absolute Gasteiger partial charge is 0.359 e. The number of hydrogen-bond acceptors (Lipinski definition) is 6. The fourth-order valence-electron chi connectivity index (χ4n) is 1.62. The molecule has 0 radical (unpaired) electrons. The maximum atomic E-state index is 11.2. The second kappa shape index (κ2) is 5.91. The van der Waals surface area contributed by atoms with Crippen molar-refractivity contribution in [2.45, 2.75) is 12.8 Å². The molecule has 0 spiro atoms. The third-order valence-electron chi connectivity index (χ3n) is 2.58. The Hall–Kier alpha value is -2.77. The highest BCUT2D eigenvalue weighted by molar-refractivity contribution is 5.77. The highest BCUT2D eigenvalue weighted by Crippen LogP contribution is 2.15. The molecule has 2 aromatic rings. The van der Waals surface area contributed by atoms with Gasteiger partial charge in [0.15, 0.2) is 5.82 Å². The molecule has 0 aliphatic heterocycles. The van der Waals surface area contributed by atoms with Crippen LogP contribution in [-0.2, 0) is 17.6 Å². The van der Waals surface area contributed by atoms with Gasteiger partial charge in [0.1, 0.15) is 0 Å². The van der Waals surface area contributed by atoms with E-state index in [-0.39, 0.29) is 30.3 Å². The van der Waals surface area contributed by atoms with Crippen molar-refractivity contribution in [3.63, 3.8) is 0 Å². The quantitative estimate of drug-likeness (QED) is 0.640. The van der Waals surface area contributed by atoms with Gasteiger partial charge in [-0.3, -0.25) is 14.9 Å². The van der Waals surface area contributed by atoms with Gasteiger partial charge in [-0.1, -0.05) is 17.3 Å². The number of non-ortho nitro benzene ring substituents is 1. The molecule has 0 saturated carbocycles. The minimum atomic E-state index is -0.464. The van der Waals surface area contributed by atoms with Crippen molar-refractivity contribution in [2.75, 3.05) is 7.05 Å². The molecule has 104 valence electrons. The van der Waals surface area contributed by atoms with Crippen LogP contribution < -0.4 is 5.32 Å². The molecule has 1 aromatic carbocycles. The summed E-state index contributed by atoms with van der Waals surface area (Å²) in [4.78, 5) is 25.4.